The number of nitrogens with one attached hydrogen (secondary N) is 1. The molecule has 8 nitrogen and oxygen atoms in total. The van der Waals surface area contributed by atoms with Gasteiger partial charge in [0.1, 0.15) is 23.1 Å². The maximum absolute atomic E-state index is 15.3. The largest absolute Gasteiger partial charge is 0.507 e. The quantitative estimate of drug-likeness (QED) is 0.515. The first-order chi connectivity index (χ1) is 17.4. The van der Waals surface area contributed by atoms with Gasteiger partial charge in [-0.05, 0) is 57.5 Å². The molecule has 36 heavy (non-hydrogen) atoms. The van der Waals surface area contributed by atoms with Gasteiger partial charge in [-0.25, -0.2) is 13.8 Å². The molecule has 10 heteroatoms. The van der Waals surface area contributed by atoms with Crippen molar-refractivity contribution in [2.75, 3.05) is 50.8 Å². The first-order valence-corrected chi connectivity index (χ1v) is 12.6. The zero-order chi connectivity index (χ0) is 24.9. The van der Waals surface area contributed by atoms with Crippen LogP contribution >= 0.6 is 0 Å². The van der Waals surface area contributed by atoms with E-state index in [-0.39, 0.29) is 40.1 Å². The Balaban J connectivity index is 1.40. The van der Waals surface area contributed by atoms with E-state index >= 15 is 4.39 Å². The molecule has 0 radical (unpaired) electrons. The summed E-state index contributed by atoms with van der Waals surface area (Å²) in [5.74, 6) is -1.35. The van der Waals surface area contributed by atoms with Gasteiger partial charge in [0.05, 0.1) is 17.6 Å². The van der Waals surface area contributed by atoms with E-state index in [1.807, 2.05) is 0 Å². The highest BCUT2D eigenvalue weighted by Crippen LogP contribution is 2.47. The number of piperazine rings is 1. The fourth-order valence-electron chi connectivity index (χ4n) is 5.11. The topological polar surface area (TPSA) is 86.6 Å². The lowest BCUT2D eigenvalue weighted by molar-refractivity contribution is 0.111. The molecule has 2 aromatic heterocycles. The molecule has 0 bridgehead atoms. The van der Waals surface area contributed by atoms with Crippen molar-refractivity contribution in [3.8, 4) is 23.0 Å². The van der Waals surface area contributed by atoms with Crippen molar-refractivity contribution in [2.45, 2.75) is 32.2 Å². The number of ether oxygens (including phenoxy) is 1. The highest BCUT2D eigenvalue weighted by Gasteiger charge is 2.45. The first kappa shape index (κ1) is 23.3. The summed E-state index contributed by atoms with van der Waals surface area (Å²) in [5, 5.41) is 14.0. The first-order valence-electron chi connectivity index (χ1n) is 12.6. The van der Waals surface area contributed by atoms with Crippen molar-refractivity contribution in [3.63, 3.8) is 0 Å². The van der Waals surface area contributed by atoms with E-state index in [1.54, 1.807) is 0 Å². The lowest BCUT2D eigenvalue weighted by Gasteiger charge is -2.35. The molecule has 1 unspecified atom stereocenters. The van der Waals surface area contributed by atoms with E-state index in [0.29, 0.717) is 24.4 Å². The zero-order valence-corrected chi connectivity index (χ0v) is 20.3. The van der Waals surface area contributed by atoms with Gasteiger partial charge in [-0.2, -0.15) is 9.97 Å². The predicted molar refractivity (Wildman–Crippen MR) is 132 cm³/mol. The smallest absolute Gasteiger partial charge is 0.320 e. The van der Waals surface area contributed by atoms with Crippen LogP contribution in [0.1, 0.15) is 26.2 Å². The Labute approximate surface area is 208 Å². The van der Waals surface area contributed by atoms with Crippen molar-refractivity contribution in [2.24, 2.45) is 5.41 Å². The van der Waals surface area contributed by atoms with Crippen LogP contribution in [-0.4, -0.2) is 76.9 Å². The number of anilines is 1. The molecule has 3 fully saturated rings. The van der Waals surface area contributed by atoms with Gasteiger partial charge < -0.3 is 25.0 Å². The van der Waals surface area contributed by atoms with E-state index in [9.17, 15) is 9.50 Å². The number of halogens is 2. The number of hydrogen-bond donors (Lipinski definition) is 2. The number of fused-ring (bicyclic) bond motifs is 1. The fraction of sp³-hybridized carbons (Fsp3) is 0.500. The molecule has 4 heterocycles. The molecule has 2 N–H and O–H groups in total. The van der Waals surface area contributed by atoms with Crippen LogP contribution in [0.4, 0.5) is 14.6 Å². The van der Waals surface area contributed by atoms with Crippen LogP contribution in [0.25, 0.3) is 22.3 Å². The molecule has 3 aliphatic rings. The lowest BCUT2D eigenvalue weighted by Crippen LogP contribution is -2.50. The summed E-state index contributed by atoms with van der Waals surface area (Å²) >= 11 is 0. The van der Waals surface area contributed by atoms with Crippen molar-refractivity contribution in [3.05, 3.63) is 35.9 Å². The van der Waals surface area contributed by atoms with Crippen LogP contribution in [-0.2, 0) is 0 Å². The summed E-state index contributed by atoms with van der Waals surface area (Å²) in [7, 11) is 0. The number of likely N-dealkylation sites (tertiary alicyclic amines) is 1. The van der Waals surface area contributed by atoms with Crippen LogP contribution in [0, 0.1) is 17.0 Å². The normalized spacial score (nSPS) is 21.4. The Bertz CT molecular complexity index is 1280. The number of phenolic OH excluding ortho intramolecular Hbond substituents is 1. The van der Waals surface area contributed by atoms with Crippen LogP contribution in [0.2, 0.25) is 0 Å². The second kappa shape index (κ2) is 9.08. The zero-order valence-electron chi connectivity index (χ0n) is 20.3. The molecule has 2 saturated heterocycles. The number of phenols is 1. The second-order valence-corrected chi connectivity index (χ2v) is 10.3. The van der Waals surface area contributed by atoms with Crippen LogP contribution in [0.15, 0.2) is 24.3 Å². The molecule has 190 valence electrons. The number of pyridine rings is 1. The van der Waals surface area contributed by atoms with Crippen LogP contribution in [0.5, 0.6) is 11.8 Å². The van der Waals surface area contributed by atoms with E-state index in [4.69, 9.17) is 9.72 Å². The highest BCUT2D eigenvalue weighted by molar-refractivity contribution is 5.90. The van der Waals surface area contributed by atoms with Crippen LogP contribution in [0.3, 0.4) is 0 Å². The van der Waals surface area contributed by atoms with Gasteiger partial charge in [0, 0.05) is 37.6 Å². The minimum Gasteiger partial charge on any atom is -0.507 e. The molecule has 1 atom stereocenters. The standard InChI is InChI=1S/C26H30F2N6O2/c1-16-13-29-8-11-34(16)24-17-12-19(28)22(21-18(27)4-2-5-20(21)35)30-23(17)31-25(32-24)36-15-26(6-7-26)14-33-9-3-10-33/h2,4-5,12,16,29,35H,3,6-11,13-15H2,1H3. The molecular formula is C26H30F2N6O2. The summed E-state index contributed by atoms with van der Waals surface area (Å²) in [6.45, 7) is 8.09. The summed E-state index contributed by atoms with van der Waals surface area (Å²) < 4.78 is 36.0. The SMILES string of the molecule is CC1CNCCN1c1nc(OCC2(CN3CCC3)CC2)nc2nc(-c3c(O)cccc3F)c(F)cc12. The average Bonchev–Trinajstić information content (AvgIpc) is 3.60. The molecule has 3 aromatic rings. The third kappa shape index (κ3) is 4.32. The van der Waals surface area contributed by atoms with Gasteiger partial charge in [-0.15, -0.1) is 0 Å². The minimum atomic E-state index is -0.760. The summed E-state index contributed by atoms with van der Waals surface area (Å²) in [6, 6.07) is 5.41. The molecule has 1 aliphatic carbocycles. The molecular weight excluding hydrogens is 466 g/mol. The number of nitrogens with zero attached hydrogens (tertiary/aromatic N) is 5. The van der Waals surface area contributed by atoms with E-state index in [2.05, 4.69) is 32.0 Å². The molecule has 1 saturated carbocycles. The fourth-order valence-corrected chi connectivity index (χ4v) is 5.11. The number of rotatable bonds is 7. The van der Waals surface area contributed by atoms with Gasteiger partial charge >= 0.3 is 6.01 Å². The van der Waals surface area contributed by atoms with E-state index < -0.39 is 11.6 Å². The van der Waals surface area contributed by atoms with Gasteiger partial charge in [0.2, 0.25) is 0 Å². The Morgan fingerprint density at radius 1 is 1.14 bits per heavy atom. The van der Waals surface area contributed by atoms with Crippen molar-refractivity contribution in [1.82, 2.24) is 25.2 Å². The minimum absolute atomic E-state index is 0.115. The molecule has 1 aromatic carbocycles. The maximum Gasteiger partial charge on any atom is 0.320 e. The summed E-state index contributed by atoms with van der Waals surface area (Å²) in [4.78, 5) is 18.2. The third-order valence-corrected chi connectivity index (χ3v) is 7.57. The number of hydrogen-bond acceptors (Lipinski definition) is 8. The van der Waals surface area contributed by atoms with E-state index in [0.717, 1.165) is 51.6 Å². The Morgan fingerprint density at radius 2 is 1.97 bits per heavy atom. The Kier molecular flexibility index (Phi) is 5.88. The van der Waals surface area contributed by atoms with Gasteiger partial charge in [-0.3, -0.25) is 0 Å². The highest BCUT2D eigenvalue weighted by atomic mass is 19.1. The average molecular weight is 497 g/mol. The summed E-state index contributed by atoms with van der Waals surface area (Å²) in [5.41, 5.74) is -0.255. The molecule has 0 amide bonds. The predicted octanol–water partition coefficient (Wildman–Crippen LogP) is 3.34. The molecule has 2 aliphatic heterocycles. The number of aromatic hydroxyl groups is 1. The molecule has 0 spiro atoms. The number of benzene rings is 1. The van der Waals surface area contributed by atoms with Crippen molar-refractivity contribution in [1.29, 1.82) is 0 Å². The number of aromatic nitrogens is 3. The summed E-state index contributed by atoms with van der Waals surface area (Å²) in [6.07, 6.45) is 3.47. The van der Waals surface area contributed by atoms with Crippen LogP contribution < -0.4 is 15.0 Å². The second-order valence-electron chi connectivity index (χ2n) is 10.3. The lowest BCUT2D eigenvalue weighted by atomic mass is 10.1. The van der Waals surface area contributed by atoms with Crippen molar-refractivity contribution < 1.29 is 18.6 Å². The maximum atomic E-state index is 15.3. The van der Waals surface area contributed by atoms with Gasteiger partial charge in [0.15, 0.2) is 11.5 Å². The monoisotopic (exact) mass is 496 g/mol. The van der Waals surface area contributed by atoms with Gasteiger partial charge in [-0.1, -0.05) is 6.07 Å². The van der Waals surface area contributed by atoms with E-state index in [1.165, 1.54) is 24.6 Å². The molecule has 6 rings (SSSR count). The van der Waals surface area contributed by atoms with Crippen molar-refractivity contribution >= 4 is 16.9 Å². The van der Waals surface area contributed by atoms with Gasteiger partial charge in [0.25, 0.3) is 0 Å². The third-order valence-electron chi connectivity index (χ3n) is 7.57. The Hall–Kier alpha value is -3.11. The Morgan fingerprint density at radius 3 is 2.67 bits per heavy atom.